The zero-order valence-electron chi connectivity index (χ0n) is 14.4. The van der Waals surface area contributed by atoms with E-state index in [1.165, 1.54) is 4.90 Å². The highest BCUT2D eigenvalue weighted by Gasteiger charge is 2.23. The maximum Gasteiger partial charge on any atom is 0.321 e. The number of urea groups is 1. The van der Waals surface area contributed by atoms with Crippen LogP contribution in [0, 0.1) is 0 Å². The highest BCUT2D eigenvalue weighted by Crippen LogP contribution is 2.20. The highest BCUT2D eigenvalue weighted by molar-refractivity contribution is 5.94. The summed E-state index contributed by atoms with van der Waals surface area (Å²) in [6.45, 7) is 6.34. The van der Waals surface area contributed by atoms with Crippen molar-refractivity contribution in [3.63, 3.8) is 0 Å². The van der Waals surface area contributed by atoms with Crippen LogP contribution in [-0.2, 0) is 4.79 Å². The topological polar surface area (TPSA) is 75.1 Å². The zero-order chi connectivity index (χ0) is 17.4. The lowest BCUT2D eigenvalue weighted by atomic mass is 10.2. The molecule has 1 aliphatic heterocycles. The maximum atomic E-state index is 11.9. The quantitative estimate of drug-likeness (QED) is 0.663. The number of rotatable bonds is 6. The van der Waals surface area contributed by atoms with Crippen molar-refractivity contribution in [3.8, 4) is 5.75 Å². The van der Waals surface area contributed by atoms with Crippen molar-refractivity contribution in [2.45, 2.75) is 13.3 Å². The molecule has 1 aromatic carbocycles. The van der Waals surface area contributed by atoms with Gasteiger partial charge in [0.2, 0.25) is 0 Å². The van der Waals surface area contributed by atoms with Gasteiger partial charge in [-0.05, 0) is 18.6 Å². The zero-order valence-corrected chi connectivity index (χ0v) is 14.4. The predicted molar refractivity (Wildman–Crippen MR) is 92.6 cm³/mol. The van der Waals surface area contributed by atoms with Gasteiger partial charge in [-0.1, -0.05) is 13.0 Å². The van der Waals surface area contributed by atoms with Crippen molar-refractivity contribution in [1.29, 1.82) is 0 Å². The molecule has 0 atom stereocenters. The van der Waals surface area contributed by atoms with Gasteiger partial charge in [0.05, 0.1) is 33.3 Å². The second-order valence-electron chi connectivity index (χ2n) is 5.92. The van der Waals surface area contributed by atoms with Crippen LogP contribution in [0.3, 0.4) is 0 Å². The minimum atomic E-state index is -0.406. The Bertz CT molecular complexity index is 557. The molecule has 0 aliphatic carbocycles. The van der Waals surface area contributed by atoms with Crippen molar-refractivity contribution in [2.75, 3.05) is 51.3 Å². The molecule has 1 heterocycles. The second kappa shape index (κ2) is 9.12. The average molecular weight is 335 g/mol. The van der Waals surface area contributed by atoms with E-state index in [1.807, 2.05) is 25.1 Å². The van der Waals surface area contributed by atoms with Gasteiger partial charge in [-0.25, -0.2) is 4.79 Å². The molecule has 0 aromatic heterocycles. The van der Waals surface area contributed by atoms with Crippen molar-refractivity contribution in [1.82, 2.24) is 10.6 Å². The largest absolute Gasteiger partial charge is 0.497 e. The third-order valence-corrected chi connectivity index (χ3v) is 4.09. The number of carbonyl (C=O) groups excluding carboxylic acids is 2. The molecule has 1 saturated heterocycles. The molecule has 7 heteroatoms. The first kappa shape index (κ1) is 18.1. The predicted octanol–water partition coefficient (Wildman–Crippen LogP) is -0.364. The van der Waals surface area contributed by atoms with Crippen LogP contribution in [0.4, 0.5) is 10.5 Å². The monoisotopic (exact) mass is 335 g/mol. The Hall–Kier alpha value is -2.28. The summed E-state index contributed by atoms with van der Waals surface area (Å²) in [4.78, 5) is 26.9. The lowest BCUT2D eigenvalue weighted by Crippen LogP contribution is -3.16. The fraction of sp³-hybridized carbons (Fsp3) is 0.529. The second-order valence-corrected chi connectivity index (χ2v) is 5.92. The number of amides is 3. The van der Waals surface area contributed by atoms with E-state index in [0.717, 1.165) is 44.0 Å². The van der Waals surface area contributed by atoms with Crippen molar-refractivity contribution < 1.29 is 19.2 Å². The number of methoxy groups -OCH3 is 1. The van der Waals surface area contributed by atoms with E-state index in [0.29, 0.717) is 13.1 Å². The maximum absolute atomic E-state index is 11.9. The van der Waals surface area contributed by atoms with Crippen LogP contribution in [0.5, 0.6) is 5.75 Å². The van der Waals surface area contributed by atoms with Crippen molar-refractivity contribution in [2.24, 2.45) is 0 Å². The summed E-state index contributed by atoms with van der Waals surface area (Å²) < 4.78 is 5.26. The Morgan fingerprint density at radius 3 is 2.71 bits per heavy atom. The molecule has 3 amide bonds. The highest BCUT2D eigenvalue weighted by atomic mass is 16.5. The number of benzene rings is 1. The number of quaternary nitrogens is 1. The Balaban J connectivity index is 1.76. The third-order valence-electron chi connectivity index (χ3n) is 4.09. The molecule has 2 rings (SSSR count). The molecule has 0 bridgehead atoms. The van der Waals surface area contributed by atoms with Gasteiger partial charge >= 0.3 is 6.03 Å². The normalized spacial score (nSPS) is 15.0. The number of nitrogens with one attached hydrogen (secondary N) is 3. The molecule has 132 valence electrons. The van der Waals surface area contributed by atoms with Crippen LogP contribution < -0.4 is 25.2 Å². The summed E-state index contributed by atoms with van der Waals surface area (Å²) in [5, 5.41) is 5.02. The lowest BCUT2D eigenvalue weighted by Gasteiger charge is -2.33. The molecule has 0 radical (unpaired) electrons. The molecule has 3 N–H and O–H groups in total. The number of piperazine rings is 1. The SMILES string of the molecule is CCCNC(=O)NC(=O)C[NH+]1CCN(c2cccc(OC)c2)CC1. The van der Waals surface area contributed by atoms with E-state index in [-0.39, 0.29) is 5.91 Å². The summed E-state index contributed by atoms with van der Waals surface area (Å²) in [5.41, 5.74) is 1.14. The van der Waals surface area contributed by atoms with Gasteiger partial charge in [0.15, 0.2) is 6.54 Å². The number of anilines is 1. The first-order valence-electron chi connectivity index (χ1n) is 8.42. The number of imide groups is 1. The Labute approximate surface area is 142 Å². The van der Waals surface area contributed by atoms with Crippen LogP contribution in [0.1, 0.15) is 13.3 Å². The molecule has 0 spiro atoms. The van der Waals surface area contributed by atoms with E-state index >= 15 is 0 Å². The van der Waals surface area contributed by atoms with Crippen molar-refractivity contribution >= 4 is 17.6 Å². The molecule has 0 unspecified atom stereocenters. The van der Waals surface area contributed by atoms with Crippen LogP contribution >= 0.6 is 0 Å². The Kier molecular flexibility index (Phi) is 6.87. The molecule has 0 saturated carbocycles. The van der Waals surface area contributed by atoms with Gasteiger partial charge in [-0.2, -0.15) is 0 Å². The van der Waals surface area contributed by atoms with E-state index in [9.17, 15) is 9.59 Å². The van der Waals surface area contributed by atoms with Gasteiger partial charge in [0, 0.05) is 18.3 Å². The molecule has 1 aliphatic rings. The van der Waals surface area contributed by atoms with Gasteiger partial charge in [-0.15, -0.1) is 0 Å². The van der Waals surface area contributed by atoms with Gasteiger partial charge in [0.1, 0.15) is 5.75 Å². The minimum Gasteiger partial charge on any atom is -0.497 e. The number of hydrogen-bond donors (Lipinski definition) is 3. The number of carbonyl (C=O) groups is 2. The van der Waals surface area contributed by atoms with Gasteiger partial charge < -0.3 is 19.9 Å². The molecular formula is C17H27N4O3+. The fourth-order valence-electron chi connectivity index (χ4n) is 2.75. The van der Waals surface area contributed by atoms with E-state index in [2.05, 4.69) is 21.6 Å². The molecular weight excluding hydrogens is 308 g/mol. The first-order chi connectivity index (χ1) is 11.6. The summed E-state index contributed by atoms with van der Waals surface area (Å²) in [7, 11) is 1.66. The Morgan fingerprint density at radius 1 is 1.29 bits per heavy atom. The van der Waals surface area contributed by atoms with Crippen LogP contribution in [0.25, 0.3) is 0 Å². The third kappa shape index (κ3) is 5.42. The van der Waals surface area contributed by atoms with Crippen LogP contribution in [0.15, 0.2) is 24.3 Å². The number of nitrogens with zero attached hydrogens (tertiary/aromatic N) is 1. The standard InChI is InChI=1S/C17H26N4O3/c1-3-7-18-17(23)19-16(22)13-20-8-10-21(11-9-20)14-5-4-6-15(12-14)24-2/h4-6,12H,3,7-11,13H2,1-2H3,(H2,18,19,22,23)/p+1. The van der Waals surface area contributed by atoms with E-state index < -0.39 is 6.03 Å². The molecule has 1 aromatic rings. The lowest BCUT2D eigenvalue weighted by molar-refractivity contribution is -0.892. The van der Waals surface area contributed by atoms with Crippen molar-refractivity contribution in [3.05, 3.63) is 24.3 Å². The number of ether oxygens (including phenoxy) is 1. The fourth-order valence-corrected chi connectivity index (χ4v) is 2.75. The molecule has 7 nitrogen and oxygen atoms in total. The molecule has 24 heavy (non-hydrogen) atoms. The summed E-state index contributed by atoms with van der Waals surface area (Å²) in [6.07, 6.45) is 0.846. The molecule has 1 fully saturated rings. The van der Waals surface area contributed by atoms with E-state index in [1.54, 1.807) is 7.11 Å². The smallest absolute Gasteiger partial charge is 0.321 e. The Morgan fingerprint density at radius 2 is 2.04 bits per heavy atom. The van der Waals surface area contributed by atoms with E-state index in [4.69, 9.17) is 4.74 Å². The summed E-state index contributed by atoms with van der Waals surface area (Å²) >= 11 is 0. The minimum absolute atomic E-state index is 0.228. The summed E-state index contributed by atoms with van der Waals surface area (Å²) in [6, 6.07) is 7.60. The van der Waals surface area contributed by atoms with Gasteiger partial charge in [0.25, 0.3) is 5.91 Å². The first-order valence-corrected chi connectivity index (χ1v) is 8.42. The summed E-state index contributed by atoms with van der Waals surface area (Å²) in [5.74, 6) is 0.619. The number of hydrogen-bond acceptors (Lipinski definition) is 4. The average Bonchev–Trinajstić information content (AvgIpc) is 2.60. The van der Waals surface area contributed by atoms with Crippen LogP contribution in [-0.4, -0.2) is 58.3 Å². The van der Waals surface area contributed by atoms with Gasteiger partial charge in [-0.3, -0.25) is 10.1 Å². The van der Waals surface area contributed by atoms with Crippen LogP contribution in [0.2, 0.25) is 0 Å².